The van der Waals surface area contributed by atoms with E-state index in [9.17, 15) is 0 Å². The van der Waals surface area contributed by atoms with E-state index >= 15 is 0 Å². The van der Waals surface area contributed by atoms with Crippen molar-refractivity contribution in [1.29, 1.82) is 0 Å². The van der Waals surface area contributed by atoms with Gasteiger partial charge in [-0.05, 0) is 67.5 Å². The molecule has 0 atom stereocenters. The van der Waals surface area contributed by atoms with Gasteiger partial charge in [-0.3, -0.25) is 9.80 Å². The lowest BCUT2D eigenvalue weighted by molar-refractivity contribution is 0.103. The predicted molar refractivity (Wildman–Crippen MR) is 165 cm³/mol. The Balaban J connectivity index is 1.20. The summed E-state index contributed by atoms with van der Waals surface area (Å²) in [6.07, 6.45) is 1.15. The van der Waals surface area contributed by atoms with Crippen molar-refractivity contribution in [2.24, 2.45) is 0 Å². The number of para-hydroxylation sites is 1. The molecule has 3 heterocycles. The van der Waals surface area contributed by atoms with E-state index in [1.165, 1.54) is 11.1 Å². The molecule has 6 nitrogen and oxygen atoms in total. The van der Waals surface area contributed by atoms with Gasteiger partial charge in [-0.1, -0.05) is 59.6 Å². The Morgan fingerprint density at radius 1 is 0.700 bits per heavy atom. The summed E-state index contributed by atoms with van der Waals surface area (Å²) in [5.74, 6) is 1.99. The molecule has 2 aliphatic rings. The number of hydrogen-bond acceptors (Lipinski definition) is 6. The second kappa shape index (κ2) is 12.4. The zero-order chi connectivity index (χ0) is 27.5. The number of hydrogen-bond donors (Lipinski definition) is 0. The van der Waals surface area contributed by atoms with E-state index in [-0.39, 0.29) is 6.04 Å². The van der Waals surface area contributed by atoms with Gasteiger partial charge in [0.15, 0.2) is 0 Å². The number of likely N-dealkylation sites (N-methyl/N-ethyl adjacent to an activating group) is 1. The van der Waals surface area contributed by atoms with E-state index < -0.39 is 0 Å². The average Bonchev–Trinajstić information content (AvgIpc) is 3.20. The first-order valence-electron chi connectivity index (χ1n) is 14.2. The van der Waals surface area contributed by atoms with Crippen LogP contribution in [0.15, 0.2) is 72.8 Å². The maximum Gasteiger partial charge on any atom is 0.145 e. The molecule has 0 aliphatic carbocycles. The molecule has 208 valence electrons. The molecule has 2 aliphatic heterocycles. The van der Waals surface area contributed by atoms with Crippen molar-refractivity contribution >= 4 is 39.9 Å². The van der Waals surface area contributed by atoms with Gasteiger partial charge in [0.05, 0.1) is 18.1 Å². The van der Waals surface area contributed by atoms with Gasteiger partial charge in [-0.15, -0.1) is 0 Å². The molecule has 40 heavy (non-hydrogen) atoms. The summed E-state index contributed by atoms with van der Waals surface area (Å²) in [7, 11) is 2.21. The van der Waals surface area contributed by atoms with Gasteiger partial charge in [-0.25, -0.2) is 9.97 Å². The molecular formula is C32H36Cl2N6. The third kappa shape index (κ3) is 6.27. The van der Waals surface area contributed by atoms with Crippen molar-refractivity contribution in [3.63, 3.8) is 0 Å². The van der Waals surface area contributed by atoms with E-state index in [0.29, 0.717) is 0 Å². The van der Waals surface area contributed by atoms with Crippen LogP contribution in [-0.2, 0) is 6.54 Å². The topological polar surface area (TPSA) is 38.7 Å². The van der Waals surface area contributed by atoms with Crippen LogP contribution < -0.4 is 4.90 Å². The summed E-state index contributed by atoms with van der Waals surface area (Å²) < 4.78 is 0. The van der Waals surface area contributed by atoms with E-state index in [1.54, 1.807) is 0 Å². The molecule has 2 saturated heterocycles. The molecule has 0 bridgehead atoms. The normalized spacial score (nSPS) is 17.9. The Hall–Kier alpha value is -2.74. The highest BCUT2D eigenvalue weighted by atomic mass is 35.5. The summed E-state index contributed by atoms with van der Waals surface area (Å²) in [4.78, 5) is 20.1. The zero-order valence-corrected chi connectivity index (χ0v) is 24.5. The van der Waals surface area contributed by atoms with E-state index in [0.717, 1.165) is 97.9 Å². The van der Waals surface area contributed by atoms with Gasteiger partial charge in [0, 0.05) is 61.2 Å². The van der Waals surface area contributed by atoms with Gasteiger partial charge in [0.25, 0.3) is 0 Å². The van der Waals surface area contributed by atoms with E-state index in [1.807, 2.05) is 24.3 Å². The van der Waals surface area contributed by atoms with Crippen molar-refractivity contribution < 1.29 is 0 Å². The molecule has 0 spiro atoms. The molecule has 0 unspecified atom stereocenters. The highest BCUT2D eigenvalue weighted by Crippen LogP contribution is 2.32. The number of piperazine rings is 1. The van der Waals surface area contributed by atoms with Crippen LogP contribution in [-0.4, -0.2) is 84.1 Å². The maximum atomic E-state index is 6.22. The lowest BCUT2D eigenvalue weighted by Crippen LogP contribution is -2.47. The zero-order valence-electron chi connectivity index (χ0n) is 23.0. The van der Waals surface area contributed by atoms with Crippen LogP contribution >= 0.6 is 23.2 Å². The molecule has 0 radical (unpaired) electrons. The number of anilines is 1. The Kier molecular flexibility index (Phi) is 8.51. The number of fused-ring (bicyclic) bond motifs is 1. The second-order valence-electron chi connectivity index (χ2n) is 10.9. The molecule has 6 rings (SSSR count). The minimum Gasteiger partial charge on any atom is -0.355 e. The van der Waals surface area contributed by atoms with Gasteiger partial charge >= 0.3 is 0 Å². The first-order chi connectivity index (χ1) is 19.5. The second-order valence-corrected chi connectivity index (χ2v) is 11.8. The Labute approximate surface area is 247 Å². The number of nitrogens with zero attached hydrogens (tertiary/aromatic N) is 6. The highest BCUT2D eigenvalue weighted by molar-refractivity contribution is 6.30. The van der Waals surface area contributed by atoms with Gasteiger partial charge in [0.1, 0.15) is 11.6 Å². The van der Waals surface area contributed by atoms with E-state index in [2.05, 4.69) is 75.2 Å². The highest BCUT2D eigenvalue weighted by Gasteiger charge is 2.27. The summed E-state index contributed by atoms with van der Waals surface area (Å²) in [6.45, 7) is 8.78. The minimum absolute atomic E-state index is 0.154. The summed E-state index contributed by atoms with van der Waals surface area (Å²) in [6, 6.07) is 25.1. The van der Waals surface area contributed by atoms with Crippen LogP contribution in [0.3, 0.4) is 0 Å². The van der Waals surface area contributed by atoms with Crippen molar-refractivity contribution in [1.82, 2.24) is 24.7 Å². The predicted octanol–water partition coefficient (Wildman–Crippen LogP) is 5.99. The summed E-state index contributed by atoms with van der Waals surface area (Å²) in [5, 5.41) is 2.66. The molecule has 0 saturated carbocycles. The third-order valence-electron chi connectivity index (χ3n) is 8.16. The van der Waals surface area contributed by atoms with Crippen LogP contribution in [0.2, 0.25) is 10.0 Å². The molecule has 0 amide bonds. The summed E-state index contributed by atoms with van der Waals surface area (Å²) >= 11 is 12.4. The maximum absolute atomic E-state index is 6.22. The SMILES string of the molecule is CN1CCCN(c2nc(CN3CCN(C(c4ccc(Cl)cc4)c4ccc(Cl)cc4)CC3)nc3ccccc23)CC1. The number of rotatable bonds is 6. The Morgan fingerprint density at radius 2 is 1.35 bits per heavy atom. The quantitative estimate of drug-likeness (QED) is 0.282. The Bertz CT molecular complexity index is 1370. The van der Waals surface area contributed by atoms with Gasteiger partial charge < -0.3 is 9.80 Å². The monoisotopic (exact) mass is 574 g/mol. The lowest BCUT2D eigenvalue weighted by Gasteiger charge is -2.39. The van der Waals surface area contributed by atoms with Crippen molar-refractivity contribution in [2.75, 3.05) is 64.3 Å². The van der Waals surface area contributed by atoms with Crippen LogP contribution in [0.25, 0.3) is 10.9 Å². The molecule has 0 N–H and O–H groups in total. The largest absolute Gasteiger partial charge is 0.355 e. The lowest BCUT2D eigenvalue weighted by atomic mass is 9.96. The first kappa shape index (κ1) is 27.4. The number of benzene rings is 3. The van der Waals surface area contributed by atoms with Gasteiger partial charge in [-0.2, -0.15) is 0 Å². The molecule has 1 aromatic heterocycles. The fraction of sp³-hybridized carbons (Fsp3) is 0.375. The van der Waals surface area contributed by atoms with Crippen LogP contribution in [0.4, 0.5) is 5.82 Å². The molecule has 2 fully saturated rings. The van der Waals surface area contributed by atoms with Crippen LogP contribution in [0.5, 0.6) is 0 Å². The fourth-order valence-electron chi connectivity index (χ4n) is 5.96. The third-order valence-corrected chi connectivity index (χ3v) is 8.66. The average molecular weight is 576 g/mol. The smallest absolute Gasteiger partial charge is 0.145 e. The number of aromatic nitrogens is 2. The van der Waals surface area contributed by atoms with Gasteiger partial charge in [0.2, 0.25) is 0 Å². The van der Waals surface area contributed by atoms with Crippen molar-refractivity contribution in [2.45, 2.75) is 19.0 Å². The number of halogens is 2. The molecular weight excluding hydrogens is 539 g/mol. The van der Waals surface area contributed by atoms with Crippen LogP contribution in [0, 0.1) is 0 Å². The van der Waals surface area contributed by atoms with Crippen molar-refractivity contribution in [3.05, 3.63) is 99.8 Å². The minimum atomic E-state index is 0.154. The fourth-order valence-corrected chi connectivity index (χ4v) is 6.21. The van der Waals surface area contributed by atoms with Crippen molar-refractivity contribution in [3.8, 4) is 0 Å². The summed E-state index contributed by atoms with van der Waals surface area (Å²) in [5.41, 5.74) is 3.51. The molecule has 8 heteroatoms. The standard InChI is InChI=1S/C32H36Cl2N6/c1-37-15-4-16-40(20-17-37)32-28-5-2-3-6-29(28)35-30(36-32)23-38-18-21-39(22-19-38)31(24-7-11-26(33)12-8-24)25-9-13-27(34)14-10-25/h2-3,5-14,31H,4,15-23H2,1H3. The first-order valence-corrected chi connectivity index (χ1v) is 15.0. The van der Waals surface area contributed by atoms with Crippen LogP contribution in [0.1, 0.15) is 29.4 Å². The molecule has 4 aromatic rings. The van der Waals surface area contributed by atoms with E-state index in [4.69, 9.17) is 33.2 Å². The Morgan fingerprint density at radius 3 is 2.02 bits per heavy atom. The molecule has 3 aromatic carbocycles.